The van der Waals surface area contributed by atoms with E-state index in [4.69, 9.17) is 4.12 Å². The fourth-order valence-corrected chi connectivity index (χ4v) is 20.9. The second-order valence-corrected chi connectivity index (χ2v) is 26.2. The smallest absolute Gasteiger partial charge is 0.177 e. The molecule has 1 nitrogen and oxygen atoms in total. The second kappa shape index (κ2) is 15.2. The van der Waals surface area contributed by atoms with Crippen LogP contribution in [0.5, 0.6) is 0 Å². The van der Waals surface area contributed by atoms with E-state index in [9.17, 15) is 0 Å². The first-order valence-corrected chi connectivity index (χ1v) is 25.4. The summed E-state index contributed by atoms with van der Waals surface area (Å²) in [5, 5.41) is 8.46. The van der Waals surface area contributed by atoms with Gasteiger partial charge in [-0.1, -0.05) is 170 Å². The lowest BCUT2D eigenvalue weighted by molar-refractivity contribution is 0.538. The molecular weight excluding hydrogens is 639 g/mol. The SMILES string of the molecule is C[Si](C)(Cc1ccccc1P(c1ccccc1)c1ccccc1)O[Si](C)(C)Cc1ccccc1P(c1ccccc1)c1ccccc1. The Morgan fingerprint density at radius 2 is 0.617 bits per heavy atom. The first kappa shape index (κ1) is 33.5. The molecule has 0 aliphatic carbocycles. The van der Waals surface area contributed by atoms with Crippen molar-refractivity contribution in [3.63, 3.8) is 0 Å². The molecule has 0 saturated heterocycles. The Balaban J connectivity index is 1.28. The molecule has 0 fully saturated rings. The van der Waals surface area contributed by atoms with E-state index in [1.807, 2.05) is 0 Å². The first-order valence-electron chi connectivity index (χ1n) is 16.5. The minimum atomic E-state index is -2.11. The molecule has 0 N–H and O–H groups in total. The van der Waals surface area contributed by atoms with E-state index in [-0.39, 0.29) is 0 Å². The highest BCUT2D eigenvalue weighted by molar-refractivity contribution is 7.80. The fourth-order valence-electron chi connectivity index (χ4n) is 6.66. The standard InChI is InChI=1S/C42H44OP2Si2/c1-46(2,33-35-21-17-19-31-41(35)44(37-23-9-5-10-24-37)38-25-11-6-12-26-38)43-47(3,4)34-36-22-18-20-32-42(36)45(39-27-13-7-14-28-39)40-29-15-8-16-30-40/h5-32H,33-34H2,1-4H3. The normalized spacial score (nSPS) is 12.0. The van der Waals surface area contributed by atoms with E-state index in [0.29, 0.717) is 0 Å². The van der Waals surface area contributed by atoms with E-state index in [1.54, 1.807) is 0 Å². The third-order valence-corrected chi connectivity index (χ3v) is 20.3. The molecule has 0 amide bonds. The van der Waals surface area contributed by atoms with Gasteiger partial charge < -0.3 is 4.12 Å². The Morgan fingerprint density at radius 1 is 0.362 bits per heavy atom. The van der Waals surface area contributed by atoms with Crippen molar-refractivity contribution in [2.45, 2.75) is 38.3 Å². The summed E-state index contributed by atoms with van der Waals surface area (Å²) in [4.78, 5) is 0. The Kier molecular flexibility index (Phi) is 10.8. The maximum atomic E-state index is 7.42. The van der Waals surface area contributed by atoms with Crippen LogP contribution in [0.2, 0.25) is 26.2 Å². The predicted octanol–water partition coefficient (Wildman–Crippen LogP) is 8.49. The lowest BCUT2D eigenvalue weighted by Crippen LogP contribution is -2.48. The molecule has 0 radical (unpaired) electrons. The molecule has 0 bridgehead atoms. The molecule has 6 aromatic rings. The van der Waals surface area contributed by atoms with Crippen LogP contribution in [0.4, 0.5) is 0 Å². The van der Waals surface area contributed by atoms with Crippen LogP contribution in [0.3, 0.4) is 0 Å². The van der Waals surface area contributed by atoms with Crippen molar-refractivity contribution in [1.82, 2.24) is 0 Å². The van der Waals surface area contributed by atoms with Crippen molar-refractivity contribution in [1.29, 1.82) is 0 Å². The van der Waals surface area contributed by atoms with Gasteiger partial charge in [-0.2, -0.15) is 0 Å². The number of rotatable bonds is 12. The quantitative estimate of drug-likeness (QED) is 0.0930. The van der Waals surface area contributed by atoms with Gasteiger partial charge in [-0.3, -0.25) is 0 Å². The highest BCUT2D eigenvalue weighted by Crippen LogP contribution is 2.37. The van der Waals surface area contributed by atoms with Gasteiger partial charge in [0.15, 0.2) is 16.6 Å². The molecule has 0 aliphatic rings. The summed E-state index contributed by atoms with van der Waals surface area (Å²) in [5.41, 5.74) is 2.87. The van der Waals surface area contributed by atoms with Crippen molar-refractivity contribution < 1.29 is 4.12 Å². The second-order valence-electron chi connectivity index (χ2n) is 13.2. The summed E-state index contributed by atoms with van der Waals surface area (Å²) in [5.74, 6) is 0. The van der Waals surface area contributed by atoms with Gasteiger partial charge in [-0.25, -0.2) is 0 Å². The van der Waals surface area contributed by atoms with Gasteiger partial charge in [-0.05, 0) is 97.1 Å². The molecule has 0 aliphatic heterocycles. The van der Waals surface area contributed by atoms with Crippen LogP contribution in [-0.2, 0) is 16.2 Å². The van der Waals surface area contributed by atoms with Crippen LogP contribution < -0.4 is 31.8 Å². The largest absolute Gasteiger partial charge is 0.455 e. The average Bonchev–Trinajstić information content (AvgIpc) is 3.08. The van der Waals surface area contributed by atoms with Gasteiger partial charge in [0.1, 0.15) is 0 Å². The molecule has 0 saturated carbocycles. The van der Waals surface area contributed by atoms with Crippen LogP contribution in [0.1, 0.15) is 11.1 Å². The Morgan fingerprint density at radius 3 is 0.915 bits per heavy atom. The third kappa shape index (κ3) is 8.54. The van der Waals surface area contributed by atoms with Gasteiger partial charge in [0.05, 0.1) is 0 Å². The summed E-state index contributed by atoms with van der Waals surface area (Å²) in [7, 11) is -5.55. The van der Waals surface area contributed by atoms with E-state index < -0.39 is 32.5 Å². The molecule has 0 spiro atoms. The molecule has 0 atom stereocenters. The highest BCUT2D eigenvalue weighted by Gasteiger charge is 2.35. The van der Waals surface area contributed by atoms with Crippen LogP contribution in [0, 0.1) is 0 Å². The summed E-state index contributed by atoms with van der Waals surface area (Å²) in [6.45, 7) is 9.72. The van der Waals surface area contributed by atoms with E-state index in [0.717, 1.165) is 12.1 Å². The van der Waals surface area contributed by atoms with E-state index in [2.05, 4.69) is 196 Å². The summed E-state index contributed by atoms with van der Waals surface area (Å²) >= 11 is 0. The zero-order valence-corrected chi connectivity index (χ0v) is 31.7. The molecule has 6 rings (SSSR count). The topological polar surface area (TPSA) is 9.23 Å². The molecule has 0 heterocycles. The van der Waals surface area contributed by atoms with Crippen molar-refractivity contribution in [3.05, 3.63) is 181 Å². The van der Waals surface area contributed by atoms with Crippen LogP contribution in [0.15, 0.2) is 170 Å². The van der Waals surface area contributed by atoms with Crippen LogP contribution in [0.25, 0.3) is 0 Å². The summed E-state index contributed by atoms with van der Waals surface area (Å²) < 4.78 is 7.42. The zero-order valence-electron chi connectivity index (χ0n) is 27.9. The highest BCUT2D eigenvalue weighted by atomic mass is 31.1. The first-order chi connectivity index (χ1) is 22.8. The number of hydrogen-bond acceptors (Lipinski definition) is 1. The van der Waals surface area contributed by atoms with Crippen molar-refractivity contribution in [3.8, 4) is 0 Å². The monoisotopic (exact) mass is 682 g/mol. The fraction of sp³-hybridized carbons (Fsp3) is 0.143. The van der Waals surface area contributed by atoms with Crippen molar-refractivity contribution in [2.24, 2.45) is 0 Å². The molecular formula is C42H44OP2Si2. The Labute approximate surface area is 286 Å². The summed E-state index contributed by atoms with van der Waals surface area (Å²) in [6.07, 6.45) is 0. The average molecular weight is 683 g/mol. The number of benzene rings is 6. The molecule has 6 aromatic carbocycles. The van der Waals surface area contributed by atoms with Gasteiger partial charge in [-0.15, -0.1) is 0 Å². The van der Waals surface area contributed by atoms with Crippen LogP contribution >= 0.6 is 15.8 Å². The molecule has 5 heteroatoms. The van der Waals surface area contributed by atoms with Crippen molar-refractivity contribution in [2.75, 3.05) is 0 Å². The van der Waals surface area contributed by atoms with Crippen LogP contribution in [-0.4, -0.2) is 16.6 Å². The minimum absolute atomic E-state index is 0.669. The lowest BCUT2D eigenvalue weighted by atomic mass is 10.2. The molecule has 0 unspecified atom stereocenters. The van der Waals surface area contributed by atoms with E-state index in [1.165, 1.54) is 43.0 Å². The van der Waals surface area contributed by atoms with E-state index >= 15 is 0 Å². The summed E-state index contributed by atoms with van der Waals surface area (Å²) in [6, 6.07) is 64.5. The van der Waals surface area contributed by atoms with Gasteiger partial charge in [0.25, 0.3) is 0 Å². The Bertz CT molecular complexity index is 1650. The third-order valence-electron chi connectivity index (χ3n) is 8.31. The molecule has 0 aromatic heterocycles. The predicted molar refractivity (Wildman–Crippen MR) is 214 cm³/mol. The maximum absolute atomic E-state index is 7.42. The molecule has 236 valence electrons. The van der Waals surface area contributed by atoms with Crippen molar-refractivity contribution >= 4 is 64.3 Å². The van der Waals surface area contributed by atoms with Gasteiger partial charge in [0.2, 0.25) is 0 Å². The molecule has 47 heavy (non-hydrogen) atoms. The zero-order chi connectivity index (χ0) is 32.7. The lowest BCUT2D eigenvalue weighted by Gasteiger charge is -2.36. The number of hydrogen-bond donors (Lipinski definition) is 0. The minimum Gasteiger partial charge on any atom is -0.455 e. The van der Waals surface area contributed by atoms with Gasteiger partial charge in [0, 0.05) is 0 Å². The maximum Gasteiger partial charge on any atom is 0.177 e. The van der Waals surface area contributed by atoms with Gasteiger partial charge >= 0.3 is 0 Å². The Hall–Kier alpha value is -3.43.